The summed E-state index contributed by atoms with van der Waals surface area (Å²) in [6.07, 6.45) is 7.95. The Morgan fingerprint density at radius 1 is 1.56 bits per heavy atom. The van der Waals surface area contributed by atoms with Gasteiger partial charge in [-0.1, -0.05) is 31.4 Å². The van der Waals surface area contributed by atoms with Gasteiger partial charge in [-0.05, 0) is 25.0 Å². The smallest absolute Gasteiger partial charge is 0.220 e. The summed E-state index contributed by atoms with van der Waals surface area (Å²) in [5.41, 5.74) is 2.77. The number of nitrogens with one attached hydrogen (secondary N) is 1. The molecule has 1 N–H and O–H groups in total. The monoisotopic (exact) mass is 244 g/mol. The molecule has 1 unspecified atom stereocenters. The van der Waals surface area contributed by atoms with Crippen LogP contribution in [0.1, 0.15) is 20.3 Å². The van der Waals surface area contributed by atoms with Crippen molar-refractivity contribution in [3.05, 3.63) is 48.7 Å². The van der Waals surface area contributed by atoms with Crippen LogP contribution in [0.4, 0.5) is 0 Å². The highest BCUT2D eigenvalue weighted by atomic mass is 16.1. The predicted molar refractivity (Wildman–Crippen MR) is 76.5 cm³/mol. The number of aliphatic imine (C=N–C) groups is 1. The fraction of sp³-hybridized carbons (Fsp3) is 0.333. The minimum atomic E-state index is 0.0949. The molecule has 1 fully saturated rings. The van der Waals surface area contributed by atoms with Gasteiger partial charge < -0.3 is 5.32 Å². The third kappa shape index (κ3) is 3.55. The van der Waals surface area contributed by atoms with Crippen LogP contribution in [0.5, 0.6) is 0 Å². The first kappa shape index (κ1) is 14.2. The van der Waals surface area contributed by atoms with Crippen LogP contribution in [-0.2, 0) is 4.79 Å². The fourth-order valence-corrected chi connectivity index (χ4v) is 1.93. The Balaban J connectivity index is 2.99. The molecular weight excluding hydrogens is 224 g/mol. The van der Waals surface area contributed by atoms with Gasteiger partial charge in [0.25, 0.3) is 0 Å². The van der Waals surface area contributed by atoms with Gasteiger partial charge in [0, 0.05) is 30.8 Å². The van der Waals surface area contributed by atoms with E-state index in [0.717, 1.165) is 16.9 Å². The lowest BCUT2D eigenvalue weighted by Crippen LogP contribution is -2.15. The number of hydrogen-bond donors (Lipinski definition) is 1. The molecule has 0 aromatic heterocycles. The molecule has 0 radical (unpaired) electrons. The summed E-state index contributed by atoms with van der Waals surface area (Å²) in [4.78, 5) is 15.5. The number of rotatable bonds is 5. The van der Waals surface area contributed by atoms with E-state index in [9.17, 15) is 4.79 Å². The van der Waals surface area contributed by atoms with Crippen molar-refractivity contribution in [3.63, 3.8) is 0 Å². The summed E-state index contributed by atoms with van der Waals surface area (Å²) in [6, 6.07) is 0. The Morgan fingerprint density at radius 2 is 2.28 bits per heavy atom. The molecule has 1 rings (SSSR count). The Morgan fingerprint density at radius 3 is 2.78 bits per heavy atom. The zero-order valence-corrected chi connectivity index (χ0v) is 11.1. The van der Waals surface area contributed by atoms with Crippen LogP contribution in [0.15, 0.2) is 53.7 Å². The maximum atomic E-state index is 11.3. The van der Waals surface area contributed by atoms with Crippen LogP contribution >= 0.6 is 0 Å². The highest BCUT2D eigenvalue weighted by molar-refractivity contribution is 6.02. The molecule has 0 spiro atoms. The fourth-order valence-electron chi connectivity index (χ4n) is 1.93. The normalized spacial score (nSPS) is 21.2. The maximum absolute atomic E-state index is 11.3. The SMILES string of the molecule is C=CN=C(C)C(=C)/C(=C\C=C/C)C1CNC(=O)C1. The van der Waals surface area contributed by atoms with Crippen LogP contribution in [0, 0.1) is 5.92 Å². The van der Waals surface area contributed by atoms with Gasteiger partial charge in [-0.15, -0.1) is 0 Å². The largest absolute Gasteiger partial charge is 0.355 e. The average Bonchev–Trinajstić information content (AvgIpc) is 2.76. The van der Waals surface area contributed by atoms with Crippen molar-refractivity contribution in [2.75, 3.05) is 6.54 Å². The molecular formula is C15H20N2O. The number of carbonyl (C=O) groups is 1. The van der Waals surface area contributed by atoms with E-state index in [-0.39, 0.29) is 11.8 Å². The molecule has 3 nitrogen and oxygen atoms in total. The molecule has 1 saturated heterocycles. The van der Waals surface area contributed by atoms with E-state index < -0.39 is 0 Å². The molecule has 0 aromatic carbocycles. The zero-order chi connectivity index (χ0) is 13.5. The second-order valence-corrected chi connectivity index (χ2v) is 4.23. The average molecular weight is 244 g/mol. The molecule has 96 valence electrons. The third-order valence-corrected chi connectivity index (χ3v) is 2.96. The first-order valence-corrected chi connectivity index (χ1v) is 6.04. The van der Waals surface area contributed by atoms with Crippen LogP contribution < -0.4 is 5.32 Å². The van der Waals surface area contributed by atoms with Gasteiger partial charge in [0.2, 0.25) is 5.91 Å². The van der Waals surface area contributed by atoms with Crippen molar-refractivity contribution < 1.29 is 4.79 Å². The first-order valence-electron chi connectivity index (χ1n) is 6.04. The van der Waals surface area contributed by atoms with E-state index in [0.29, 0.717) is 13.0 Å². The molecule has 1 aliphatic rings. The Kier molecular flexibility index (Phi) is 5.31. The summed E-state index contributed by atoms with van der Waals surface area (Å²) in [6.45, 7) is 12.2. The molecule has 1 amide bonds. The van der Waals surface area contributed by atoms with Gasteiger partial charge in [-0.3, -0.25) is 9.79 Å². The van der Waals surface area contributed by atoms with Crippen molar-refractivity contribution >= 4 is 11.6 Å². The summed E-state index contributed by atoms with van der Waals surface area (Å²) < 4.78 is 0. The zero-order valence-electron chi connectivity index (χ0n) is 11.1. The molecule has 0 saturated carbocycles. The predicted octanol–water partition coefficient (Wildman–Crippen LogP) is 2.79. The van der Waals surface area contributed by atoms with Gasteiger partial charge in [0.05, 0.1) is 0 Å². The van der Waals surface area contributed by atoms with E-state index in [1.54, 1.807) is 0 Å². The molecule has 1 aliphatic heterocycles. The van der Waals surface area contributed by atoms with Gasteiger partial charge in [-0.2, -0.15) is 0 Å². The van der Waals surface area contributed by atoms with Gasteiger partial charge >= 0.3 is 0 Å². The number of amides is 1. The van der Waals surface area contributed by atoms with E-state index in [1.165, 1.54) is 6.20 Å². The van der Waals surface area contributed by atoms with Crippen LogP contribution in [0.25, 0.3) is 0 Å². The van der Waals surface area contributed by atoms with E-state index >= 15 is 0 Å². The van der Waals surface area contributed by atoms with Crippen molar-refractivity contribution in [1.29, 1.82) is 0 Å². The van der Waals surface area contributed by atoms with Gasteiger partial charge in [0.15, 0.2) is 0 Å². The third-order valence-electron chi connectivity index (χ3n) is 2.96. The molecule has 0 bridgehead atoms. The minimum absolute atomic E-state index is 0.0949. The Bertz CT molecular complexity index is 441. The molecule has 0 aromatic rings. The van der Waals surface area contributed by atoms with Crippen molar-refractivity contribution in [2.45, 2.75) is 20.3 Å². The van der Waals surface area contributed by atoms with E-state index in [4.69, 9.17) is 0 Å². The molecule has 18 heavy (non-hydrogen) atoms. The second-order valence-electron chi connectivity index (χ2n) is 4.23. The molecule has 0 aliphatic carbocycles. The summed E-state index contributed by atoms with van der Waals surface area (Å²) in [7, 11) is 0. The maximum Gasteiger partial charge on any atom is 0.220 e. The Labute approximate surface area is 109 Å². The molecule has 1 atom stereocenters. The highest BCUT2D eigenvalue weighted by Gasteiger charge is 2.26. The van der Waals surface area contributed by atoms with Crippen LogP contribution in [0.2, 0.25) is 0 Å². The van der Waals surface area contributed by atoms with Gasteiger partial charge in [0.1, 0.15) is 0 Å². The number of nitrogens with zero attached hydrogens (tertiary/aromatic N) is 1. The number of allylic oxidation sites excluding steroid dienone is 4. The lowest BCUT2D eigenvalue weighted by Gasteiger charge is -2.15. The quantitative estimate of drug-likeness (QED) is 0.586. The molecule has 1 heterocycles. The van der Waals surface area contributed by atoms with Crippen LogP contribution in [0.3, 0.4) is 0 Å². The second kappa shape index (κ2) is 6.74. The lowest BCUT2D eigenvalue weighted by molar-refractivity contribution is -0.119. The van der Waals surface area contributed by atoms with Crippen molar-refractivity contribution in [1.82, 2.24) is 5.32 Å². The number of hydrogen-bond acceptors (Lipinski definition) is 2. The summed E-state index contributed by atoms with van der Waals surface area (Å²) >= 11 is 0. The standard InChI is InChI=1S/C15H20N2O/c1-5-7-8-14(11(3)12(4)16-6-2)13-9-15(18)17-10-13/h5-8,13H,2-3,9-10H2,1,4H3,(H,17,18)/b7-5-,14-8+,16-12?. The van der Waals surface area contributed by atoms with Crippen molar-refractivity contribution in [3.8, 4) is 0 Å². The summed E-state index contributed by atoms with van der Waals surface area (Å²) in [5, 5.41) is 2.85. The molecule has 3 heteroatoms. The van der Waals surface area contributed by atoms with E-state index in [2.05, 4.69) is 23.5 Å². The van der Waals surface area contributed by atoms with Crippen LogP contribution in [-0.4, -0.2) is 18.2 Å². The van der Waals surface area contributed by atoms with Crippen molar-refractivity contribution in [2.24, 2.45) is 10.9 Å². The number of carbonyl (C=O) groups excluding carboxylic acids is 1. The summed E-state index contributed by atoms with van der Waals surface area (Å²) in [5.74, 6) is 0.272. The van der Waals surface area contributed by atoms with E-state index in [1.807, 2.05) is 32.1 Å². The Hall–Kier alpha value is -1.90. The van der Waals surface area contributed by atoms with Gasteiger partial charge in [-0.25, -0.2) is 0 Å². The topological polar surface area (TPSA) is 41.5 Å². The minimum Gasteiger partial charge on any atom is -0.355 e. The highest BCUT2D eigenvalue weighted by Crippen LogP contribution is 2.26. The lowest BCUT2D eigenvalue weighted by atomic mass is 9.89. The first-order chi connectivity index (χ1) is 8.60.